The summed E-state index contributed by atoms with van der Waals surface area (Å²) in [7, 11) is 1.93. The highest BCUT2D eigenvalue weighted by Crippen LogP contribution is 2.16. The Morgan fingerprint density at radius 1 is 1.32 bits per heavy atom. The van der Waals surface area contributed by atoms with E-state index in [1.165, 1.54) is 0 Å². The molecule has 0 heterocycles. The third-order valence-electron chi connectivity index (χ3n) is 2.75. The zero-order valence-electron chi connectivity index (χ0n) is 11.1. The zero-order valence-corrected chi connectivity index (χ0v) is 11.9. The minimum atomic E-state index is 0.0364. The summed E-state index contributed by atoms with van der Waals surface area (Å²) in [4.78, 5) is 14.0. The van der Waals surface area contributed by atoms with Crippen LogP contribution in [0.5, 0.6) is 0 Å². The lowest BCUT2D eigenvalue weighted by atomic mass is 10.1. The summed E-state index contributed by atoms with van der Waals surface area (Å²) < 4.78 is 5.17. The van der Waals surface area contributed by atoms with Crippen LogP contribution in [0.15, 0.2) is 24.3 Å². The van der Waals surface area contributed by atoms with Gasteiger partial charge in [0.2, 0.25) is 0 Å². The van der Waals surface area contributed by atoms with Crippen molar-refractivity contribution in [2.75, 3.05) is 40.0 Å². The third kappa shape index (κ3) is 6.16. The maximum absolute atomic E-state index is 12.0. The normalized spacial score (nSPS) is 10.9. The highest BCUT2D eigenvalue weighted by atomic mass is 35.5. The van der Waals surface area contributed by atoms with Crippen LogP contribution in [0, 0.1) is 0 Å². The van der Waals surface area contributed by atoms with Gasteiger partial charge in [-0.2, -0.15) is 0 Å². The van der Waals surface area contributed by atoms with Crippen molar-refractivity contribution in [3.05, 3.63) is 34.9 Å². The number of ether oxygens (including phenoxy) is 1. The molecule has 4 nitrogen and oxygen atoms in total. The molecule has 19 heavy (non-hydrogen) atoms. The van der Waals surface area contributed by atoms with Crippen molar-refractivity contribution in [2.45, 2.75) is 6.42 Å². The molecule has 0 aliphatic rings. The summed E-state index contributed by atoms with van der Waals surface area (Å²) in [6.07, 6.45) is 0.431. The van der Waals surface area contributed by atoms with Gasteiger partial charge in [0.25, 0.3) is 0 Å². The van der Waals surface area contributed by atoms with Crippen LogP contribution >= 0.6 is 11.6 Å². The van der Waals surface area contributed by atoms with Gasteiger partial charge >= 0.3 is 0 Å². The van der Waals surface area contributed by atoms with E-state index in [0.29, 0.717) is 36.8 Å². The lowest BCUT2D eigenvalue weighted by molar-refractivity contribution is 0.0767. The average Bonchev–Trinajstić information content (AvgIpc) is 2.41. The first-order chi connectivity index (χ1) is 9.15. The molecule has 5 heteroatoms. The fourth-order valence-corrected chi connectivity index (χ4v) is 1.85. The Kier molecular flexibility index (Phi) is 7.67. The number of Topliss-reactive ketones (excluding diaryl/α,β-unsaturated/α-hetero) is 1. The van der Waals surface area contributed by atoms with E-state index < -0.39 is 0 Å². The first kappa shape index (κ1) is 16.1. The second-order valence-electron chi connectivity index (χ2n) is 4.29. The van der Waals surface area contributed by atoms with Gasteiger partial charge in [-0.15, -0.1) is 0 Å². The van der Waals surface area contributed by atoms with E-state index in [2.05, 4.69) is 0 Å². The van der Waals surface area contributed by atoms with Crippen molar-refractivity contribution in [1.29, 1.82) is 0 Å². The standard InChI is InChI=1S/C14H20ClNO3/c1-16(8-10-19-11-9-17)7-6-14(18)12-4-2-3-5-13(12)15/h2-5,17H,6-11H2,1H3. The summed E-state index contributed by atoms with van der Waals surface area (Å²) >= 11 is 5.97. The zero-order chi connectivity index (χ0) is 14.1. The minimum absolute atomic E-state index is 0.0364. The Morgan fingerprint density at radius 3 is 2.74 bits per heavy atom. The van der Waals surface area contributed by atoms with Crippen LogP contribution in [0.25, 0.3) is 0 Å². The van der Waals surface area contributed by atoms with Crippen molar-refractivity contribution < 1.29 is 14.6 Å². The molecule has 0 unspecified atom stereocenters. The van der Waals surface area contributed by atoms with Crippen LogP contribution in [-0.2, 0) is 4.74 Å². The fourth-order valence-electron chi connectivity index (χ4n) is 1.61. The van der Waals surface area contributed by atoms with Gasteiger partial charge in [-0.05, 0) is 19.2 Å². The van der Waals surface area contributed by atoms with Crippen molar-refractivity contribution in [2.24, 2.45) is 0 Å². The quantitative estimate of drug-likeness (QED) is 0.556. The van der Waals surface area contributed by atoms with Gasteiger partial charge in [-0.3, -0.25) is 4.79 Å². The number of carbonyl (C=O) groups excluding carboxylic acids is 1. The lowest BCUT2D eigenvalue weighted by Gasteiger charge is -2.16. The maximum Gasteiger partial charge on any atom is 0.165 e. The number of hydrogen-bond donors (Lipinski definition) is 1. The van der Waals surface area contributed by atoms with E-state index in [1.807, 2.05) is 24.1 Å². The number of carbonyl (C=O) groups is 1. The molecule has 1 N–H and O–H groups in total. The predicted molar refractivity (Wildman–Crippen MR) is 75.8 cm³/mol. The van der Waals surface area contributed by atoms with Crippen molar-refractivity contribution in [1.82, 2.24) is 4.90 Å². The summed E-state index contributed by atoms with van der Waals surface area (Å²) in [5, 5.41) is 9.07. The topological polar surface area (TPSA) is 49.8 Å². The molecule has 0 radical (unpaired) electrons. The molecule has 0 aliphatic heterocycles. The van der Waals surface area contributed by atoms with Crippen LogP contribution in [0.1, 0.15) is 16.8 Å². The Bertz CT molecular complexity index is 398. The van der Waals surface area contributed by atoms with Crippen LogP contribution in [0.2, 0.25) is 5.02 Å². The molecule has 0 bridgehead atoms. The van der Waals surface area contributed by atoms with E-state index in [4.69, 9.17) is 21.4 Å². The maximum atomic E-state index is 12.0. The van der Waals surface area contributed by atoms with E-state index >= 15 is 0 Å². The molecule has 106 valence electrons. The molecule has 0 saturated heterocycles. The third-order valence-corrected chi connectivity index (χ3v) is 3.08. The number of ketones is 1. The van der Waals surface area contributed by atoms with E-state index in [1.54, 1.807) is 12.1 Å². The summed E-state index contributed by atoms with van der Waals surface area (Å²) in [5.74, 6) is 0.0497. The summed E-state index contributed by atoms with van der Waals surface area (Å²) in [6.45, 7) is 2.33. The van der Waals surface area contributed by atoms with Gasteiger partial charge in [-0.25, -0.2) is 0 Å². The smallest absolute Gasteiger partial charge is 0.165 e. The molecule has 0 spiro atoms. The van der Waals surface area contributed by atoms with Gasteiger partial charge in [-0.1, -0.05) is 23.7 Å². The van der Waals surface area contributed by atoms with Crippen molar-refractivity contribution >= 4 is 17.4 Å². The molecule has 0 amide bonds. The largest absolute Gasteiger partial charge is 0.394 e. The molecule has 0 atom stereocenters. The number of likely N-dealkylation sites (N-methyl/N-ethyl adjacent to an activating group) is 1. The Balaban J connectivity index is 2.28. The fraction of sp³-hybridized carbons (Fsp3) is 0.500. The Labute approximate surface area is 118 Å². The monoisotopic (exact) mass is 285 g/mol. The van der Waals surface area contributed by atoms with Crippen LogP contribution in [-0.4, -0.2) is 55.7 Å². The molecule has 1 aromatic rings. The predicted octanol–water partition coefficient (Wildman–Crippen LogP) is 1.85. The molecule has 0 saturated carbocycles. The number of nitrogens with zero attached hydrogens (tertiary/aromatic N) is 1. The Morgan fingerprint density at radius 2 is 2.05 bits per heavy atom. The molecule has 0 aromatic heterocycles. The van der Waals surface area contributed by atoms with Crippen LogP contribution < -0.4 is 0 Å². The number of aliphatic hydroxyl groups is 1. The second kappa shape index (κ2) is 9.04. The van der Waals surface area contributed by atoms with E-state index in [-0.39, 0.29) is 12.4 Å². The van der Waals surface area contributed by atoms with Crippen LogP contribution in [0.3, 0.4) is 0 Å². The molecule has 0 fully saturated rings. The first-order valence-corrected chi connectivity index (χ1v) is 6.68. The number of rotatable bonds is 9. The SMILES string of the molecule is CN(CCOCCO)CCC(=O)c1ccccc1Cl. The molecule has 0 aliphatic carbocycles. The van der Waals surface area contributed by atoms with Crippen LogP contribution in [0.4, 0.5) is 0 Å². The average molecular weight is 286 g/mol. The molecule has 1 aromatic carbocycles. The molecular formula is C14H20ClNO3. The number of benzene rings is 1. The van der Waals surface area contributed by atoms with Gasteiger partial charge < -0.3 is 14.7 Å². The van der Waals surface area contributed by atoms with E-state index in [9.17, 15) is 4.79 Å². The number of hydrogen-bond acceptors (Lipinski definition) is 4. The van der Waals surface area contributed by atoms with Gasteiger partial charge in [0.05, 0.1) is 24.8 Å². The highest BCUT2D eigenvalue weighted by molar-refractivity contribution is 6.33. The summed E-state index contributed by atoms with van der Waals surface area (Å²) in [5.41, 5.74) is 0.578. The van der Waals surface area contributed by atoms with Gasteiger partial charge in [0.15, 0.2) is 5.78 Å². The van der Waals surface area contributed by atoms with E-state index in [0.717, 1.165) is 6.54 Å². The minimum Gasteiger partial charge on any atom is -0.394 e. The molecular weight excluding hydrogens is 266 g/mol. The van der Waals surface area contributed by atoms with Gasteiger partial charge in [0, 0.05) is 25.1 Å². The number of halogens is 1. The second-order valence-corrected chi connectivity index (χ2v) is 4.70. The van der Waals surface area contributed by atoms with Crippen molar-refractivity contribution in [3.8, 4) is 0 Å². The highest BCUT2D eigenvalue weighted by Gasteiger charge is 2.10. The Hall–Kier alpha value is -0.940. The first-order valence-electron chi connectivity index (χ1n) is 6.30. The molecule has 1 rings (SSSR count). The summed E-state index contributed by atoms with van der Waals surface area (Å²) in [6, 6.07) is 7.09. The van der Waals surface area contributed by atoms with Gasteiger partial charge in [0.1, 0.15) is 0 Å². The number of aliphatic hydroxyl groups excluding tert-OH is 1. The lowest BCUT2D eigenvalue weighted by Crippen LogP contribution is -2.26. The van der Waals surface area contributed by atoms with Crippen molar-refractivity contribution in [3.63, 3.8) is 0 Å².